The number of aromatic nitrogens is 4. The maximum absolute atomic E-state index is 13.7. The Morgan fingerprint density at radius 2 is 1.79 bits per heavy atom. The third kappa shape index (κ3) is 2.80. The lowest BCUT2D eigenvalue weighted by molar-refractivity contribution is 0.623. The monoisotopic (exact) mass is 437 g/mol. The second-order valence-electron chi connectivity index (χ2n) is 6.25. The molecule has 0 saturated heterocycles. The van der Waals surface area contributed by atoms with Gasteiger partial charge in [0.15, 0.2) is 5.52 Å². The van der Waals surface area contributed by atoms with Crippen molar-refractivity contribution in [2.75, 3.05) is 0 Å². The van der Waals surface area contributed by atoms with Gasteiger partial charge in [0.1, 0.15) is 23.2 Å². The zero-order valence-corrected chi connectivity index (χ0v) is 16.5. The normalized spacial score (nSPS) is 11.0. The number of nitrogens with zero attached hydrogens (tertiary/aromatic N) is 5. The van der Waals surface area contributed by atoms with E-state index in [0.717, 1.165) is 4.47 Å². The SMILES string of the molecule is Cc1nn(-c2ccc(F)c(C#N)c2)c2c(=O)n(-c3ccc(Br)cc3)c(C)nc12. The first-order chi connectivity index (χ1) is 13.4. The quantitative estimate of drug-likeness (QED) is 0.475. The van der Waals surface area contributed by atoms with Crippen LogP contribution in [-0.2, 0) is 0 Å². The number of aryl methyl sites for hydroxylation is 2. The van der Waals surface area contributed by atoms with Crippen LogP contribution in [0.3, 0.4) is 0 Å². The lowest BCUT2D eigenvalue weighted by Gasteiger charge is -2.11. The molecule has 2 aromatic carbocycles. The molecule has 138 valence electrons. The summed E-state index contributed by atoms with van der Waals surface area (Å²) in [6.07, 6.45) is 0. The summed E-state index contributed by atoms with van der Waals surface area (Å²) in [6.45, 7) is 3.51. The van der Waals surface area contributed by atoms with Crippen LogP contribution in [0.25, 0.3) is 22.4 Å². The molecular weight excluding hydrogens is 425 g/mol. The molecule has 2 heterocycles. The summed E-state index contributed by atoms with van der Waals surface area (Å²) in [7, 11) is 0. The van der Waals surface area contributed by atoms with Crippen molar-refractivity contribution in [3.05, 3.63) is 80.2 Å². The van der Waals surface area contributed by atoms with E-state index in [9.17, 15) is 9.18 Å². The molecular formula is C20H13BrFN5O. The first-order valence-electron chi connectivity index (χ1n) is 8.35. The molecule has 0 amide bonds. The molecule has 0 fully saturated rings. The van der Waals surface area contributed by atoms with E-state index < -0.39 is 5.82 Å². The topological polar surface area (TPSA) is 76.5 Å². The van der Waals surface area contributed by atoms with E-state index in [-0.39, 0.29) is 16.6 Å². The van der Waals surface area contributed by atoms with Crippen LogP contribution >= 0.6 is 15.9 Å². The van der Waals surface area contributed by atoms with Crippen molar-refractivity contribution in [1.29, 1.82) is 5.26 Å². The van der Waals surface area contributed by atoms with Crippen LogP contribution in [-0.4, -0.2) is 19.3 Å². The van der Waals surface area contributed by atoms with E-state index in [4.69, 9.17) is 5.26 Å². The highest BCUT2D eigenvalue weighted by Crippen LogP contribution is 2.21. The summed E-state index contributed by atoms with van der Waals surface area (Å²) in [6, 6.07) is 13.1. The zero-order chi connectivity index (χ0) is 20.0. The van der Waals surface area contributed by atoms with Crippen molar-refractivity contribution < 1.29 is 4.39 Å². The fraction of sp³-hybridized carbons (Fsp3) is 0.100. The van der Waals surface area contributed by atoms with Crippen molar-refractivity contribution in [3.63, 3.8) is 0 Å². The molecule has 0 aliphatic rings. The number of nitriles is 1. The van der Waals surface area contributed by atoms with E-state index in [0.29, 0.717) is 28.4 Å². The predicted molar refractivity (Wildman–Crippen MR) is 106 cm³/mol. The highest BCUT2D eigenvalue weighted by atomic mass is 79.9. The van der Waals surface area contributed by atoms with E-state index >= 15 is 0 Å². The van der Waals surface area contributed by atoms with Gasteiger partial charge in [0.05, 0.1) is 22.6 Å². The first-order valence-corrected chi connectivity index (χ1v) is 9.15. The van der Waals surface area contributed by atoms with Gasteiger partial charge in [-0.15, -0.1) is 0 Å². The van der Waals surface area contributed by atoms with Crippen molar-refractivity contribution in [2.45, 2.75) is 13.8 Å². The van der Waals surface area contributed by atoms with E-state index in [2.05, 4.69) is 26.0 Å². The summed E-state index contributed by atoms with van der Waals surface area (Å²) in [5.74, 6) is -0.0973. The Morgan fingerprint density at radius 1 is 1.11 bits per heavy atom. The van der Waals surface area contributed by atoms with Crippen LogP contribution in [0.4, 0.5) is 4.39 Å². The maximum atomic E-state index is 13.7. The molecule has 0 radical (unpaired) electrons. The average Bonchev–Trinajstić information content (AvgIpc) is 3.00. The standard InChI is InChI=1S/C20H13BrFN5O/c1-11-18-19(27(25-11)16-7-8-17(22)13(9-16)10-23)20(28)26(12(2)24-18)15-5-3-14(21)4-6-15/h3-9H,1-2H3. The second kappa shape index (κ2) is 6.69. The van der Waals surface area contributed by atoms with Gasteiger partial charge in [0, 0.05) is 4.47 Å². The lowest BCUT2D eigenvalue weighted by atomic mass is 10.2. The first kappa shape index (κ1) is 18.1. The molecule has 0 bridgehead atoms. The van der Waals surface area contributed by atoms with Gasteiger partial charge in [-0.1, -0.05) is 15.9 Å². The van der Waals surface area contributed by atoms with Crippen LogP contribution in [0.2, 0.25) is 0 Å². The van der Waals surface area contributed by atoms with E-state index in [1.54, 1.807) is 19.9 Å². The Bertz CT molecular complexity index is 1330. The molecule has 28 heavy (non-hydrogen) atoms. The Balaban J connectivity index is 2.05. The van der Waals surface area contributed by atoms with Crippen LogP contribution < -0.4 is 5.56 Å². The summed E-state index contributed by atoms with van der Waals surface area (Å²) >= 11 is 3.39. The third-order valence-electron chi connectivity index (χ3n) is 4.43. The Labute approximate surface area is 167 Å². The van der Waals surface area contributed by atoms with Crippen LogP contribution in [0.15, 0.2) is 51.7 Å². The summed E-state index contributed by atoms with van der Waals surface area (Å²) in [5.41, 5.74) is 1.98. The number of halogens is 2. The molecule has 2 aromatic heterocycles. The third-order valence-corrected chi connectivity index (χ3v) is 4.96. The second-order valence-corrected chi connectivity index (χ2v) is 7.16. The molecule has 6 nitrogen and oxygen atoms in total. The van der Waals surface area contributed by atoms with E-state index in [1.807, 2.05) is 24.3 Å². The fourth-order valence-electron chi connectivity index (χ4n) is 3.12. The van der Waals surface area contributed by atoms with Gasteiger partial charge in [-0.05, 0) is 56.3 Å². The summed E-state index contributed by atoms with van der Waals surface area (Å²) in [5, 5.41) is 13.5. The predicted octanol–water partition coefficient (Wildman–Crippen LogP) is 3.96. The van der Waals surface area contributed by atoms with Crippen LogP contribution in [0, 0.1) is 31.0 Å². The van der Waals surface area contributed by atoms with Gasteiger partial charge >= 0.3 is 0 Å². The molecule has 0 spiro atoms. The minimum atomic E-state index is -0.624. The van der Waals surface area contributed by atoms with Crippen molar-refractivity contribution in [3.8, 4) is 17.4 Å². The number of fused-ring (bicyclic) bond motifs is 1. The number of hydrogen-bond donors (Lipinski definition) is 0. The van der Waals surface area contributed by atoms with Gasteiger partial charge in [0.2, 0.25) is 0 Å². The highest BCUT2D eigenvalue weighted by Gasteiger charge is 2.19. The highest BCUT2D eigenvalue weighted by molar-refractivity contribution is 9.10. The minimum absolute atomic E-state index is 0.118. The minimum Gasteiger partial charge on any atom is -0.266 e. The zero-order valence-electron chi connectivity index (χ0n) is 14.9. The van der Waals surface area contributed by atoms with Crippen LogP contribution in [0.1, 0.15) is 17.1 Å². The van der Waals surface area contributed by atoms with Crippen molar-refractivity contribution in [1.82, 2.24) is 19.3 Å². The summed E-state index contributed by atoms with van der Waals surface area (Å²) < 4.78 is 17.5. The summed E-state index contributed by atoms with van der Waals surface area (Å²) in [4.78, 5) is 17.9. The van der Waals surface area contributed by atoms with Gasteiger partial charge in [-0.3, -0.25) is 9.36 Å². The Kier molecular flexibility index (Phi) is 4.32. The van der Waals surface area contributed by atoms with Gasteiger partial charge in [-0.25, -0.2) is 14.1 Å². The molecule has 4 rings (SSSR count). The van der Waals surface area contributed by atoms with Crippen LogP contribution in [0.5, 0.6) is 0 Å². The fourth-order valence-corrected chi connectivity index (χ4v) is 3.39. The van der Waals surface area contributed by atoms with Gasteiger partial charge in [0.25, 0.3) is 5.56 Å². The number of benzene rings is 2. The molecule has 0 saturated carbocycles. The van der Waals surface area contributed by atoms with Gasteiger partial charge in [-0.2, -0.15) is 10.4 Å². The molecule has 8 heteroatoms. The lowest BCUT2D eigenvalue weighted by Crippen LogP contribution is -2.24. The smallest absolute Gasteiger partial charge is 0.266 e. The molecule has 0 atom stereocenters. The Hall–Kier alpha value is -3.31. The Morgan fingerprint density at radius 3 is 2.46 bits per heavy atom. The van der Waals surface area contributed by atoms with E-state index in [1.165, 1.54) is 27.4 Å². The number of rotatable bonds is 2. The number of hydrogen-bond acceptors (Lipinski definition) is 4. The van der Waals surface area contributed by atoms with Crippen molar-refractivity contribution in [2.24, 2.45) is 0 Å². The van der Waals surface area contributed by atoms with Gasteiger partial charge < -0.3 is 0 Å². The molecule has 4 aromatic rings. The van der Waals surface area contributed by atoms with Crippen molar-refractivity contribution >= 4 is 27.0 Å². The molecule has 0 aliphatic heterocycles. The average molecular weight is 438 g/mol. The molecule has 0 N–H and O–H groups in total. The molecule has 0 unspecified atom stereocenters. The maximum Gasteiger partial charge on any atom is 0.284 e. The molecule has 0 aliphatic carbocycles. The largest absolute Gasteiger partial charge is 0.284 e.